The fourth-order valence-electron chi connectivity index (χ4n) is 0.889. The van der Waals surface area contributed by atoms with E-state index in [0.717, 1.165) is 0 Å². The number of hydrogen-bond donors (Lipinski definition) is 2. The van der Waals surface area contributed by atoms with Gasteiger partial charge in [-0.15, -0.1) is 0 Å². The maximum Gasteiger partial charge on any atom is 0.357 e. The lowest BCUT2D eigenvalue weighted by Gasteiger charge is -1.90. The Kier molecular flexibility index (Phi) is 4.99. The van der Waals surface area contributed by atoms with E-state index in [1.807, 2.05) is 13.8 Å². The minimum atomic E-state index is -1.07. The lowest BCUT2D eigenvalue weighted by atomic mass is 10.2. The van der Waals surface area contributed by atoms with Crippen LogP contribution in [0.2, 0.25) is 0 Å². The molecule has 2 N–H and O–H groups in total. The molecule has 1 heterocycles. The highest BCUT2D eigenvalue weighted by Crippen LogP contribution is 2.13. The van der Waals surface area contributed by atoms with E-state index >= 15 is 0 Å². The van der Waals surface area contributed by atoms with Crippen LogP contribution in [0.1, 0.15) is 35.6 Å². The molecule has 0 radical (unpaired) electrons. The molecule has 4 nitrogen and oxygen atoms in total. The molecule has 0 atom stereocenters. The van der Waals surface area contributed by atoms with Crippen molar-refractivity contribution >= 4 is 18.1 Å². The first-order valence-corrected chi connectivity index (χ1v) is 4.27. The Balaban J connectivity index is 0.000000791. The van der Waals surface area contributed by atoms with Gasteiger partial charge in [0.15, 0.2) is 5.69 Å². The van der Waals surface area contributed by atoms with Crippen LogP contribution >= 0.6 is 0 Å². The first-order chi connectivity index (χ1) is 6.70. The summed E-state index contributed by atoms with van der Waals surface area (Å²) in [6.45, 7) is 11.0. The van der Waals surface area contributed by atoms with Gasteiger partial charge in [0.05, 0.1) is 5.69 Å². The van der Waals surface area contributed by atoms with Gasteiger partial charge in [0.1, 0.15) is 0 Å². The Morgan fingerprint density at radius 2 is 2.00 bits per heavy atom. The van der Waals surface area contributed by atoms with Crippen LogP contribution in [0.4, 0.5) is 0 Å². The number of carboxylic acids is 1. The molecule has 14 heavy (non-hydrogen) atoms. The van der Waals surface area contributed by atoms with Gasteiger partial charge >= 0.3 is 5.97 Å². The normalized spacial score (nSPS) is 8.43. The molecule has 0 aromatic carbocycles. The van der Waals surface area contributed by atoms with Crippen molar-refractivity contribution in [3.05, 3.63) is 30.1 Å². The molecule has 1 aromatic heterocycles. The molecular weight excluding hydrogens is 180 g/mol. The van der Waals surface area contributed by atoms with Gasteiger partial charge in [-0.25, -0.2) is 4.79 Å². The first-order valence-electron chi connectivity index (χ1n) is 4.27. The van der Waals surface area contributed by atoms with E-state index < -0.39 is 5.97 Å². The van der Waals surface area contributed by atoms with Gasteiger partial charge in [-0.05, 0) is 6.08 Å². The molecule has 0 amide bonds. The predicted octanol–water partition coefficient (Wildman–Crippen LogP) is 2.42. The molecule has 0 saturated carbocycles. The number of aromatic nitrogens is 2. The number of H-pyrrole nitrogens is 1. The van der Waals surface area contributed by atoms with Gasteiger partial charge < -0.3 is 5.11 Å². The number of hydrogen-bond acceptors (Lipinski definition) is 2. The van der Waals surface area contributed by atoms with Crippen molar-refractivity contribution in [2.75, 3.05) is 0 Å². The summed E-state index contributed by atoms with van der Waals surface area (Å²) in [6.07, 6.45) is 2.93. The van der Waals surface area contributed by atoms with Crippen molar-refractivity contribution in [2.45, 2.75) is 13.8 Å². The van der Waals surface area contributed by atoms with Crippen molar-refractivity contribution in [1.82, 2.24) is 10.2 Å². The van der Waals surface area contributed by atoms with Crippen molar-refractivity contribution < 1.29 is 9.90 Å². The number of carbonyl (C=O) groups is 1. The summed E-state index contributed by atoms with van der Waals surface area (Å²) < 4.78 is 0. The van der Waals surface area contributed by atoms with E-state index in [0.29, 0.717) is 11.3 Å². The molecule has 0 bridgehead atoms. The number of rotatable bonds is 3. The third-order valence-electron chi connectivity index (χ3n) is 1.44. The minimum Gasteiger partial charge on any atom is -0.476 e. The van der Waals surface area contributed by atoms with Gasteiger partial charge in [-0.1, -0.05) is 33.1 Å². The smallest absolute Gasteiger partial charge is 0.357 e. The largest absolute Gasteiger partial charge is 0.476 e. The number of aromatic carboxylic acids is 1. The summed E-state index contributed by atoms with van der Waals surface area (Å²) in [4.78, 5) is 10.5. The van der Waals surface area contributed by atoms with E-state index in [4.69, 9.17) is 5.11 Å². The molecular formula is C10H14N2O2. The molecule has 76 valence electrons. The SMILES string of the molecule is C=Cc1[nH]nc(C(=O)O)c1C=C.CC. The number of nitrogens with zero attached hydrogens (tertiary/aromatic N) is 1. The Morgan fingerprint density at radius 3 is 2.36 bits per heavy atom. The van der Waals surface area contributed by atoms with Crippen LogP contribution in [0.3, 0.4) is 0 Å². The summed E-state index contributed by atoms with van der Waals surface area (Å²) in [5.74, 6) is -1.07. The average Bonchev–Trinajstić information content (AvgIpc) is 2.63. The van der Waals surface area contributed by atoms with Gasteiger partial charge in [0.25, 0.3) is 0 Å². The number of carboxylic acid groups (broad SMARTS) is 1. The molecule has 0 saturated heterocycles. The summed E-state index contributed by atoms with van der Waals surface area (Å²) in [5.41, 5.74) is 1.01. The molecule has 0 aliphatic rings. The molecule has 0 aliphatic heterocycles. The molecule has 0 unspecified atom stereocenters. The third-order valence-corrected chi connectivity index (χ3v) is 1.44. The lowest BCUT2D eigenvalue weighted by Crippen LogP contribution is -1.98. The Hall–Kier alpha value is -1.84. The van der Waals surface area contributed by atoms with Crippen LogP contribution < -0.4 is 0 Å². The van der Waals surface area contributed by atoms with Gasteiger partial charge in [-0.3, -0.25) is 5.10 Å². The highest BCUT2D eigenvalue weighted by molar-refractivity contribution is 5.91. The summed E-state index contributed by atoms with van der Waals surface area (Å²) in [7, 11) is 0. The van der Waals surface area contributed by atoms with Crippen LogP contribution in [-0.4, -0.2) is 21.3 Å². The maximum absolute atomic E-state index is 10.5. The van der Waals surface area contributed by atoms with Crippen LogP contribution in [0, 0.1) is 0 Å². The second-order valence-electron chi connectivity index (χ2n) is 2.11. The Bertz CT molecular complexity index is 340. The maximum atomic E-state index is 10.5. The zero-order chi connectivity index (χ0) is 11.1. The van der Waals surface area contributed by atoms with E-state index in [2.05, 4.69) is 23.4 Å². The lowest BCUT2D eigenvalue weighted by molar-refractivity contribution is 0.0690. The fourth-order valence-corrected chi connectivity index (χ4v) is 0.889. The van der Waals surface area contributed by atoms with Crippen molar-refractivity contribution in [3.8, 4) is 0 Å². The quantitative estimate of drug-likeness (QED) is 0.776. The molecule has 0 fully saturated rings. The van der Waals surface area contributed by atoms with Gasteiger partial charge in [-0.2, -0.15) is 5.10 Å². The molecule has 1 rings (SSSR count). The zero-order valence-electron chi connectivity index (χ0n) is 8.37. The van der Waals surface area contributed by atoms with E-state index in [1.165, 1.54) is 12.2 Å². The molecule has 1 aromatic rings. The second-order valence-corrected chi connectivity index (χ2v) is 2.11. The van der Waals surface area contributed by atoms with Crippen LogP contribution in [-0.2, 0) is 0 Å². The zero-order valence-corrected chi connectivity index (χ0v) is 8.37. The highest BCUT2D eigenvalue weighted by atomic mass is 16.4. The minimum absolute atomic E-state index is 0.0279. The van der Waals surface area contributed by atoms with E-state index in [9.17, 15) is 4.79 Å². The van der Waals surface area contributed by atoms with Crippen molar-refractivity contribution in [2.24, 2.45) is 0 Å². The van der Waals surface area contributed by atoms with E-state index in [-0.39, 0.29) is 5.69 Å². The topological polar surface area (TPSA) is 66.0 Å². The summed E-state index contributed by atoms with van der Waals surface area (Å²) in [6, 6.07) is 0. The molecule has 4 heteroatoms. The number of aromatic amines is 1. The molecule has 0 spiro atoms. The standard InChI is InChI=1S/C8H8N2O2.C2H6/c1-3-5-6(4-2)9-10-7(5)8(11)12;1-2/h3-4H,1-2H2,(H,9,10)(H,11,12);1-2H3. The first kappa shape index (κ1) is 12.2. The Morgan fingerprint density at radius 1 is 1.43 bits per heavy atom. The average molecular weight is 194 g/mol. The van der Waals surface area contributed by atoms with Crippen molar-refractivity contribution in [3.63, 3.8) is 0 Å². The Labute approximate surface area is 83.0 Å². The van der Waals surface area contributed by atoms with Crippen LogP contribution in [0.25, 0.3) is 12.2 Å². The van der Waals surface area contributed by atoms with Crippen molar-refractivity contribution in [1.29, 1.82) is 0 Å². The van der Waals surface area contributed by atoms with Crippen LogP contribution in [0.15, 0.2) is 13.2 Å². The van der Waals surface area contributed by atoms with Crippen LogP contribution in [0.5, 0.6) is 0 Å². The predicted molar refractivity (Wildman–Crippen MR) is 57.1 cm³/mol. The van der Waals surface area contributed by atoms with Gasteiger partial charge in [0.2, 0.25) is 0 Å². The van der Waals surface area contributed by atoms with Gasteiger partial charge in [0, 0.05) is 5.56 Å². The summed E-state index contributed by atoms with van der Waals surface area (Å²) in [5, 5.41) is 14.8. The number of nitrogens with one attached hydrogen (secondary N) is 1. The fraction of sp³-hybridized carbons (Fsp3) is 0.200. The molecule has 0 aliphatic carbocycles. The summed E-state index contributed by atoms with van der Waals surface area (Å²) >= 11 is 0. The third kappa shape index (κ3) is 2.32. The monoisotopic (exact) mass is 194 g/mol. The highest BCUT2D eigenvalue weighted by Gasteiger charge is 2.13. The van der Waals surface area contributed by atoms with E-state index in [1.54, 1.807) is 0 Å². The second kappa shape index (κ2) is 5.75.